The first-order valence-corrected chi connectivity index (χ1v) is 10.9. The minimum Gasteiger partial charge on any atom is -0.352 e. The Balaban J connectivity index is 1.94. The SMILES string of the molecule is CCN(CC)S(=O)(=O)c1ccc(/C=C/C(=O)NCC(C)c2ccccc2)cc1. The van der Waals surface area contributed by atoms with Crippen LogP contribution in [0.1, 0.15) is 37.8 Å². The van der Waals surface area contributed by atoms with Crippen LogP contribution >= 0.6 is 0 Å². The van der Waals surface area contributed by atoms with Crippen molar-refractivity contribution in [1.82, 2.24) is 9.62 Å². The van der Waals surface area contributed by atoms with Gasteiger partial charge in [-0.2, -0.15) is 4.31 Å². The molecule has 28 heavy (non-hydrogen) atoms. The highest BCUT2D eigenvalue weighted by atomic mass is 32.2. The largest absolute Gasteiger partial charge is 0.352 e. The van der Waals surface area contributed by atoms with Crippen LogP contribution in [-0.4, -0.2) is 38.3 Å². The van der Waals surface area contributed by atoms with Crippen molar-refractivity contribution >= 4 is 22.0 Å². The molecule has 1 atom stereocenters. The minimum atomic E-state index is -3.46. The number of hydrogen-bond acceptors (Lipinski definition) is 3. The maximum atomic E-state index is 12.5. The topological polar surface area (TPSA) is 66.5 Å². The number of sulfonamides is 1. The van der Waals surface area contributed by atoms with Crippen LogP contribution in [0.15, 0.2) is 65.6 Å². The van der Waals surface area contributed by atoms with Gasteiger partial charge in [-0.15, -0.1) is 0 Å². The summed E-state index contributed by atoms with van der Waals surface area (Å²) in [4.78, 5) is 12.3. The maximum absolute atomic E-state index is 12.5. The molecule has 0 saturated heterocycles. The van der Waals surface area contributed by atoms with E-state index in [1.165, 1.54) is 15.9 Å². The van der Waals surface area contributed by atoms with E-state index in [2.05, 4.69) is 12.2 Å². The van der Waals surface area contributed by atoms with E-state index >= 15 is 0 Å². The summed E-state index contributed by atoms with van der Waals surface area (Å²) >= 11 is 0. The third-order valence-electron chi connectivity index (χ3n) is 4.60. The van der Waals surface area contributed by atoms with Gasteiger partial charge in [-0.05, 0) is 35.3 Å². The summed E-state index contributed by atoms with van der Waals surface area (Å²) in [5.41, 5.74) is 1.95. The molecule has 0 aromatic heterocycles. The van der Waals surface area contributed by atoms with E-state index in [-0.39, 0.29) is 16.7 Å². The molecule has 0 fully saturated rings. The number of rotatable bonds is 9. The van der Waals surface area contributed by atoms with Crippen LogP contribution in [0.25, 0.3) is 6.08 Å². The van der Waals surface area contributed by atoms with Gasteiger partial charge in [0.1, 0.15) is 0 Å². The van der Waals surface area contributed by atoms with Crippen LogP contribution in [0.3, 0.4) is 0 Å². The molecular formula is C22H28N2O3S. The molecule has 0 aliphatic heterocycles. The second-order valence-electron chi connectivity index (χ2n) is 6.55. The summed E-state index contributed by atoms with van der Waals surface area (Å²) in [6.07, 6.45) is 3.14. The predicted octanol–water partition coefficient (Wildman–Crippen LogP) is 3.65. The maximum Gasteiger partial charge on any atom is 0.244 e. The molecule has 0 aliphatic rings. The average Bonchev–Trinajstić information content (AvgIpc) is 2.72. The van der Waals surface area contributed by atoms with Gasteiger partial charge < -0.3 is 5.32 Å². The summed E-state index contributed by atoms with van der Waals surface area (Å²) in [5, 5.41) is 2.89. The fourth-order valence-electron chi connectivity index (χ4n) is 2.85. The first kappa shape index (κ1) is 21.9. The Morgan fingerprint density at radius 3 is 2.21 bits per heavy atom. The van der Waals surface area contributed by atoms with Crippen LogP contribution in [0, 0.1) is 0 Å². The van der Waals surface area contributed by atoms with E-state index in [0.29, 0.717) is 19.6 Å². The fourth-order valence-corrected chi connectivity index (χ4v) is 4.31. The van der Waals surface area contributed by atoms with Crippen LogP contribution in [0.2, 0.25) is 0 Å². The Morgan fingerprint density at radius 2 is 1.64 bits per heavy atom. The van der Waals surface area contributed by atoms with Crippen molar-refractivity contribution < 1.29 is 13.2 Å². The number of carbonyl (C=O) groups is 1. The van der Waals surface area contributed by atoms with Gasteiger partial charge in [0.05, 0.1) is 4.90 Å². The predicted molar refractivity (Wildman–Crippen MR) is 113 cm³/mol. The molecule has 6 heteroatoms. The molecule has 0 radical (unpaired) electrons. The fraction of sp³-hybridized carbons (Fsp3) is 0.318. The zero-order valence-electron chi connectivity index (χ0n) is 16.6. The molecular weight excluding hydrogens is 372 g/mol. The summed E-state index contributed by atoms with van der Waals surface area (Å²) in [7, 11) is -3.46. The first-order chi connectivity index (χ1) is 13.4. The molecule has 0 bridgehead atoms. The smallest absolute Gasteiger partial charge is 0.244 e. The van der Waals surface area contributed by atoms with E-state index in [0.717, 1.165) is 5.56 Å². The highest BCUT2D eigenvalue weighted by molar-refractivity contribution is 7.89. The van der Waals surface area contributed by atoms with Crippen LogP contribution in [0.5, 0.6) is 0 Å². The molecule has 150 valence electrons. The van der Waals surface area contributed by atoms with Gasteiger partial charge >= 0.3 is 0 Å². The third kappa shape index (κ3) is 5.78. The molecule has 0 spiro atoms. The molecule has 5 nitrogen and oxygen atoms in total. The summed E-state index contributed by atoms with van der Waals surface area (Å²) < 4.78 is 26.4. The first-order valence-electron chi connectivity index (χ1n) is 9.49. The van der Waals surface area contributed by atoms with Crippen molar-refractivity contribution in [2.45, 2.75) is 31.6 Å². The van der Waals surface area contributed by atoms with E-state index in [1.807, 2.05) is 44.2 Å². The molecule has 0 heterocycles. The van der Waals surface area contributed by atoms with Crippen LogP contribution in [-0.2, 0) is 14.8 Å². The van der Waals surface area contributed by atoms with Crippen molar-refractivity contribution in [3.05, 3.63) is 71.8 Å². The Morgan fingerprint density at radius 1 is 1.04 bits per heavy atom. The molecule has 2 rings (SSSR count). The quantitative estimate of drug-likeness (QED) is 0.654. The lowest BCUT2D eigenvalue weighted by atomic mass is 10.0. The lowest BCUT2D eigenvalue weighted by Crippen LogP contribution is -2.30. The number of carbonyl (C=O) groups excluding carboxylic acids is 1. The van der Waals surface area contributed by atoms with Crippen molar-refractivity contribution in [2.75, 3.05) is 19.6 Å². The van der Waals surface area contributed by atoms with Gasteiger partial charge in [-0.25, -0.2) is 8.42 Å². The molecule has 1 amide bonds. The monoisotopic (exact) mass is 400 g/mol. The van der Waals surface area contributed by atoms with Gasteiger partial charge in [-0.1, -0.05) is 63.2 Å². The van der Waals surface area contributed by atoms with Gasteiger partial charge in [0, 0.05) is 25.7 Å². The van der Waals surface area contributed by atoms with Gasteiger partial charge in [0.25, 0.3) is 0 Å². The number of hydrogen-bond donors (Lipinski definition) is 1. The van der Waals surface area contributed by atoms with Crippen molar-refractivity contribution in [1.29, 1.82) is 0 Å². The number of nitrogens with zero attached hydrogens (tertiary/aromatic N) is 1. The Bertz CT molecular complexity index is 887. The molecule has 1 N–H and O–H groups in total. The van der Waals surface area contributed by atoms with Crippen LogP contribution < -0.4 is 5.32 Å². The average molecular weight is 401 g/mol. The second kappa shape index (κ2) is 10.2. The second-order valence-corrected chi connectivity index (χ2v) is 8.49. The zero-order valence-corrected chi connectivity index (χ0v) is 17.4. The standard InChI is InChI=1S/C22H28N2O3S/c1-4-24(5-2)28(26,27)21-14-11-19(12-15-21)13-16-22(25)23-17-18(3)20-9-7-6-8-10-20/h6-16,18H,4-5,17H2,1-3H3,(H,23,25)/b16-13+. The minimum absolute atomic E-state index is 0.178. The highest BCUT2D eigenvalue weighted by Gasteiger charge is 2.20. The summed E-state index contributed by atoms with van der Waals surface area (Å²) in [5.74, 6) is 0.0470. The molecule has 0 saturated carbocycles. The van der Waals surface area contributed by atoms with Crippen molar-refractivity contribution in [3.63, 3.8) is 0 Å². The highest BCUT2D eigenvalue weighted by Crippen LogP contribution is 2.17. The summed E-state index contributed by atoms with van der Waals surface area (Å²) in [6.45, 7) is 7.11. The van der Waals surface area contributed by atoms with E-state index in [1.54, 1.807) is 30.3 Å². The molecule has 0 aliphatic carbocycles. The van der Waals surface area contributed by atoms with E-state index in [4.69, 9.17) is 0 Å². The van der Waals surface area contributed by atoms with E-state index in [9.17, 15) is 13.2 Å². The van der Waals surface area contributed by atoms with Gasteiger partial charge in [0.2, 0.25) is 15.9 Å². The van der Waals surface area contributed by atoms with Crippen molar-refractivity contribution in [2.24, 2.45) is 0 Å². The third-order valence-corrected chi connectivity index (χ3v) is 6.67. The summed E-state index contributed by atoms with van der Waals surface area (Å²) in [6, 6.07) is 16.6. The lowest BCUT2D eigenvalue weighted by molar-refractivity contribution is -0.116. The molecule has 2 aromatic carbocycles. The molecule has 2 aromatic rings. The van der Waals surface area contributed by atoms with Crippen molar-refractivity contribution in [3.8, 4) is 0 Å². The zero-order chi connectivity index (χ0) is 20.6. The Hall–Kier alpha value is -2.44. The van der Waals surface area contributed by atoms with Gasteiger partial charge in [0.15, 0.2) is 0 Å². The normalized spacial score (nSPS) is 13.0. The number of nitrogens with one attached hydrogen (secondary N) is 1. The molecule has 1 unspecified atom stereocenters. The Kier molecular flexibility index (Phi) is 7.96. The Labute approximate surface area is 168 Å². The van der Waals surface area contributed by atoms with Gasteiger partial charge in [-0.3, -0.25) is 4.79 Å². The van der Waals surface area contributed by atoms with E-state index < -0.39 is 10.0 Å². The lowest BCUT2D eigenvalue weighted by Gasteiger charge is -2.18. The number of amides is 1. The van der Waals surface area contributed by atoms with Crippen LogP contribution in [0.4, 0.5) is 0 Å². The number of benzene rings is 2.